The predicted octanol–water partition coefficient (Wildman–Crippen LogP) is 1.48. The minimum absolute atomic E-state index is 0.0241. The molecule has 0 aromatic rings. The molecule has 3 nitrogen and oxygen atoms in total. The highest BCUT2D eigenvalue weighted by Crippen LogP contribution is 2.35. The molecule has 1 aliphatic rings. The number of hydrogen-bond acceptors (Lipinski definition) is 2. The fourth-order valence-electron chi connectivity index (χ4n) is 1.61. The molecule has 1 aliphatic carbocycles. The van der Waals surface area contributed by atoms with Crippen LogP contribution < -0.4 is 4.72 Å². The Morgan fingerprint density at radius 1 is 1.46 bits per heavy atom. The Bertz CT molecular complexity index is 254. The van der Waals surface area contributed by atoms with Crippen LogP contribution in [0.25, 0.3) is 0 Å². The monoisotopic (exact) mass is 225 g/mol. The minimum atomic E-state index is -3.14. The Balaban J connectivity index is 2.56. The van der Waals surface area contributed by atoms with Gasteiger partial charge in [0.2, 0.25) is 10.0 Å². The first-order chi connectivity index (χ1) is 6.04. The molecule has 78 valence electrons. The van der Waals surface area contributed by atoms with Crippen molar-refractivity contribution in [1.29, 1.82) is 0 Å². The van der Waals surface area contributed by atoms with Crippen molar-refractivity contribution in [1.82, 2.24) is 4.72 Å². The number of nitrogens with one attached hydrogen (secondary N) is 1. The van der Waals surface area contributed by atoms with E-state index in [1.54, 1.807) is 0 Å². The van der Waals surface area contributed by atoms with Crippen molar-refractivity contribution in [3.05, 3.63) is 0 Å². The van der Waals surface area contributed by atoms with Crippen molar-refractivity contribution in [2.45, 2.75) is 38.1 Å². The van der Waals surface area contributed by atoms with Crippen LogP contribution in [0.1, 0.15) is 32.6 Å². The highest BCUT2D eigenvalue weighted by atomic mass is 35.5. The zero-order valence-electron chi connectivity index (χ0n) is 7.85. The normalized spacial score (nSPS) is 21.1. The number of halogens is 1. The molecule has 5 heteroatoms. The Kier molecular flexibility index (Phi) is 3.60. The van der Waals surface area contributed by atoms with Gasteiger partial charge in [-0.25, -0.2) is 13.1 Å². The fourth-order valence-corrected chi connectivity index (χ4v) is 3.54. The topological polar surface area (TPSA) is 46.2 Å². The van der Waals surface area contributed by atoms with Crippen LogP contribution in [0.4, 0.5) is 0 Å². The van der Waals surface area contributed by atoms with Crippen LogP contribution in [-0.4, -0.2) is 25.6 Å². The first-order valence-corrected chi connectivity index (χ1v) is 6.80. The lowest BCUT2D eigenvalue weighted by molar-refractivity contribution is 0.214. The predicted molar refractivity (Wildman–Crippen MR) is 54.5 cm³/mol. The number of sulfonamides is 1. The van der Waals surface area contributed by atoms with Crippen LogP contribution in [0, 0.1) is 0 Å². The van der Waals surface area contributed by atoms with Gasteiger partial charge in [0.25, 0.3) is 0 Å². The summed E-state index contributed by atoms with van der Waals surface area (Å²) in [5, 5.41) is 0. The van der Waals surface area contributed by atoms with Gasteiger partial charge in [-0.05, 0) is 25.7 Å². The van der Waals surface area contributed by atoms with E-state index in [2.05, 4.69) is 4.72 Å². The second kappa shape index (κ2) is 4.15. The van der Waals surface area contributed by atoms with Gasteiger partial charge in [-0.3, -0.25) is 0 Å². The van der Waals surface area contributed by atoms with Crippen LogP contribution >= 0.6 is 11.6 Å². The molecule has 0 atom stereocenters. The molecule has 0 spiro atoms. The maximum Gasteiger partial charge on any atom is 0.213 e. The molecule has 1 saturated carbocycles. The summed E-state index contributed by atoms with van der Waals surface area (Å²) in [6, 6.07) is 0. The van der Waals surface area contributed by atoms with Gasteiger partial charge in [0.1, 0.15) is 0 Å². The molecule has 0 aliphatic heterocycles. The van der Waals surface area contributed by atoms with Gasteiger partial charge in [-0.1, -0.05) is 6.92 Å². The quantitative estimate of drug-likeness (QED) is 0.721. The van der Waals surface area contributed by atoms with Crippen molar-refractivity contribution in [2.24, 2.45) is 0 Å². The van der Waals surface area contributed by atoms with Crippen molar-refractivity contribution in [3.63, 3.8) is 0 Å². The third kappa shape index (κ3) is 2.82. The summed E-state index contributed by atoms with van der Waals surface area (Å²) in [4.78, 5) is 0. The number of hydrogen-bond donors (Lipinski definition) is 1. The molecule has 0 aromatic carbocycles. The van der Waals surface area contributed by atoms with Gasteiger partial charge < -0.3 is 0 Å². The van der Waals surface area contributed by atoms with E-state index in [0.29, 0.717) is 0 Å². The van der Waals surface area contributed by atoms with E-state index in [0.717, 1.165) is 25.7 Å². The lowest BCUT2D eigenvalue weighted by Crippen LogP contribution is -2.53. The Morgan fingerprint density at radius 3 is 2.38 bits per heavy atom. The molecule has 0 radical (unpaired) electrons. The largest absolute Gasteiger partial charge is 0.213 e. The average molecular weight is 226 g/mol. The van der Waals surface area contributed by atoms with Gasteiger partial charge in [0.05, 0.1) is 5.75 Å². The first kappa shape index (κ1) is 11.3. The van der Waals surface area contributed by atoms with E-state index >= 15 is 0 Å². The Labute approximate surface area is 84.9 Å². The van der Waals surface area contributed by atoms with Crippen LogP contribution in [-0.2, 0) is 10.0 Å². The molecule has 0 bridgehead atoms. The van der Waals surface area contributed by atoms with E-state index in [9.17, 15) is 8.42 Å². The van der Waals surface area contributed by atoms with Crippen molar-refractivity contribution < 1.29 is 8.42 Å². The molecular weight excluding hydrogens is 210 g/mol. The van der Waals surface area contributed by atoms with E-state index < -0.39 is 10.0 Å². The van der Waals surface area contributed by atoms with Gasteiger partial charge in [0.15, 0.2) is 0 Å². The van der Waals surface area contributed by atoms with Gasteiger partial charge in [-0.15, -0.1) is 11.6 Å². The number of rotatable bonds is 5. The molecular formula is C8H16ClNO2S. The fraction of sp³-hybridized carbons (Fsp3) is 1.00. The minimum Gasteiger partial charge on any atom is -0.212 e. The second-order valence-corrected chi connectivity index (χ2v) is 5.82. The molecule has 0 aromatic heterocycles. The first-order valence-electron chi connectivity index (χ1n) is 4.61. The maximum absolute atomic E-state index is 11.4. The zero-order valence-corrected chi connectivity index (χ0v) is 9.42. The third-order valence-corrected chi connectivity index (χ3v) is 4.60. The molecule has 0 heterocycles. The summed E-state index contributed by atoms with van der Waals surface area (Å²) in [7, 11) is -3.14. The van der Waals surface area contributed by atoms with Crippen LogP contribution in [0.3, 0.4) is 0 Å². The van der Waals surface area contributed by atoms with E-state index in [1.165, 1.54) is 0 Å². The standard InChI is InChI=1S/C8H16ClNO2S/c1-2-8(4-3-5-8)10-13(11,12)7-6-9/h10H,2-7H2,1H3. The zero-order chi connectivity index (χ0) is 9.95. The summed E-state index contributed by atoms with van der Waals surface area (Å²) < 4.78 is 25.5. The summed E-state index contributed by atoms with van der Waals surface area (Å²) in [6.45, 7) is 2.02. The molecule has 0 unspecified atom stereocenters. The highest BCUT2D eigenvalue weighted by Gasteiger charge is 2.38. The van der Waals surface area contributed by atoms with E-state index in [-0.39, 0.29) is 17.2 Å². The third-order valence-electron chi connectivity index (χ3n) is 2.71. The molecule has 0 amide bonds. The average Bonchev–Trinajstić information content (AvgIpc) is 1.97. The van der Waals surface area contributed by atoms with Gasteiger partial charge in [-0.2, -0.15) is 0 Å². The lowest BCUT2D eigenvalue weighted by Gasteiger charge is -2.41. The Hall–Kier alpha value is 0.200. The van der Waals surface area contributed by atoms with E-state index in [1.807, 2.05) is 6.92 Å². The van der Waals surface area contributed by atoms with Crippen molar-refractivity contribution >= 4 is 21.6 Å². The molecule has 1 fully saturated rings. The molecule has 13 heavy (non-hydrogen) atoms. The number of alkyl halides is 1. The molecule has 1 rings (SSSR count). The molecule has 0 saturated heterocycles. The van der Waals surface area contributed by atoms with Crippen molar-refractivity contribution in [3.8, 4) is 0 Å². The second-order valence-electron chi connectivity index (χ2n) is 3.60. The smallest absolute Gasteiger partial charge is 0.212 e. The lowest BCUT2D eigenvalue weighted by atomic mass is 9.76. The van der Waals surface area contributed by atoms with Gasteiger partial charge >= 0.3 is 0 Å². The highest BCUT2D eigenvalue weighted by molar-refractivity contribution is 7.89. The summed E-state index contributed by atoms with van der Waals surface area (Å²) in [5.74, 6) is 0.186. The molecule has 1 N–H and O–H groups in total. The summed E-state index contributed by atoms with van der Waals surface area (Å²) >= 11 is 5.40. The van der Waals surface area contributed by atoms with E-state index in [4.69, 9.17) is 11.6 Å². The van der Waals surface area contributed by atoms with Gasteiger partial charge in [0, 0.05) is 11.4 Å². The van der Waals surface area contributed by atoms with Crippen LogP contribution in [0.15, 0.2) is 0 Å². The summed E-state index contributed by atoms with van der Waals surface area (Å²) in [5.41, 5.74) is -0.148. The van der Waals surface area contributed by atoms with Crippen molar-refractivity contribution in [2.75, 3.05) is 11.6 Å². The summed E-state index contributed by atoms with van der Waals surface area (Å²) in [6.07, 6.45) is 3.92. The van der Waals surface area contributed by atoms with Crippen LogP contribution in [0.5, 0.6) is 0 Å². The SMILES string of the molecule is CCC1(NS(=O)(=O)CCCl)CCC1. The Morgan fingerprint density at radius 2 is 2.08 bits per heavy atom. The van der Waals surface area contributed by atoms with Crippen LogP contribution in [0.2, 0.25) is 0 Å². The maximum atomic E-state index is 11.4.